The van der Waals surface area contributed by atoms with Gasteiger partial charge in [-0.3, -0.25) is 0 Å². The van der Waals surface area contributed by atoms with Gasteiger partial charge in [0.25, 0.3) is 0 Å². The highest BCUT2D eigenvalue weighted by Crippen LogP contribution is 2.21. The summed E-state index contributed by atoms with van der Waals surface area (Å²) in [4.78, 5) is 2.78. The van der Waals surface area contributed by atoms with Crippen molar-refractivity contribution >= 4 is 39.2 Å². The highest BCUT2D eigenvalue weighted by molar-refractivity contribution is 9.10. The molecular weight excluding hydrogens is 346 g/mol. The van der Waals surface area contributed by atoms with Crippen LogP contribution in [0.5, 0.6) is 0 Å². The Hall–Kier alpha value is -1.53. The average molecular weight is 355 g/mol. The van der Waals surface area contributed by atoms with Crippen molar-refractivity contribution in [2.24, 2.45) is 0 Å². The van der Waals surface area contributed by atoms with Crippen molar-refractivity contribution in [2.45, 2.75) is 6.54 Å². The van der Waals surface area contributed by atoms with Crippen LogP contribution in [-0.4, -0.2) is 9.55 Å². The zero-order valence-corrected chi connectivity index (χ0v) is 12.6. The second kappa shape index (κ2) is 5.10. The molecule has 20 heavy (non-hydrogen) atoms. The quantitative estimate of drug-likeness (QED) is 0.656. The zero-order valence-electron chi connectivity index (χ0n) is 10.2. The van der Waals surface area contributed by atoms with E-state index in [4.69, 9.17) is 12.2 Å². The van der Waals surface area contributed by atoms with E-state index in [0.717, 1.165) is 16.1 Å². The minimum atomic E-state index is -0.640. The molecule has 2 aromatic carbocycles. The Morgan fingerprint density at radius 3 is 2.75 bits per heavy atom. The standard InChI is InChI=1S/C14H9BrF2N2S/c15-9-3-1-2-8(4-9)7-19-12-6-10(16)5-11(17)13(12)18-14(19)20/h1-6H,7H2,(H,18,20). The molecule has 0 unspecified atom stereocenters. The molecule has 0 saturated carbocycles. The summed E-state index contributed by atoms with van der Waals surface area (Å²) in [6.45, 7) is 0.446. The topological polar surface area (TPSA) is 20.7 Å². The van der Waals surface area contributed by atoms with E-state index >= 15 is 0 Å². The second-order valence-corrected chi connectivity index (χ2v) is 5.73. The third-order valence-corrected chi connectivity index (χ3v) is 3.85. The molecule has 3 rings (SSSR count). The molecule has 0 spiro atoms. The number of imidazole rings is 1. The Morgan fingerprint density at radius 1 is 1.20 bits per heavy atom. The number of fused-ring (bicyclic) bond motifs is 1. The summed E-state index contributed by atoms with van der Waals surface area (Å²) < 4.78 is 30.1. The van der Waals surface area contributed by atoms with Crippen LogP contribution in [0.2, 0.25) is 0 Å². The van der Waals surface area contributed by atoms with Crippen LogP contribution in [0.4, 0.5) is 8.78 Å². The Balaban J connectivity index is 2.16. The van der Waals surface area contributed by atoms with E-state index in [0.29, 0.717) is 16.8 Å². The molecule has 3 aromatic rings. The molecule has 0 amide bonds. The van der Waals surface area contributed by atoms with E-state index in [-0.39, 0.29) is 5.52 Å². The van der Waals surface area contributed by atoms with Crippen LogP contribution in [0.1, 0.15) is 5.56 Å². The fourth-order valence-electron chi connectivity index (χ4n) is 2.16. The van der Waals surface area contributed by atoms with Gasteiger partial charge in [-0.2, -0.15) is 0 Å². The van der Waals surface area contributed by atoms with Crippen molar-refractivity contribution in [3.05, 3.63) is 62.8 Å². The van der Waals surface area contributed by atoms with Crippen molar-refractivity contribution in [3.63, 3.8) is 0 Å². The zero-order chi connectivity index (χ0) is 14.3. The van der Waals surface area contributed by atoms with Crippen LogP contribution in [0.15, 0.2) is 40.9 Å². The fraction of sp³-hybridized carbons (Fsp3) is 0.0714. The first kappa shape index (κ1) is 13.5. The number of nitrogens with zero attached hydrogens (tertiary/aromatic N) is 1. The summed E-state index contributed by atoms with van der Waals surface area (Å²) in [6, 6.07) is 9.81. The largest absolute Gasteiger partial charge is 0.328 e. The Labute approximate surface area is 127 Å². The van der Waals surface area contributed by atoms with Crippen LogP contribution in [-0.2, 0) is 6.54 Å². The van der Waals surface area contributed by atoms with Gasteiger partial charge in [-0.1, -0.05) is 28.1 Å². The number of halogens is 3. The lowest BCUT2D eigenvalue weighted by atomic mass is 10.2. The van der Waals surface area contributed by atoms with Gasteiger partial charge in [-0.25, -0.2) is 8.78 Å². The monoisotopic (exact) mass is 354 g/mol. The molecule has 1 N–H and O–H groups in total. The Kier molecular flexibility index (Phi) is 3.43. The summed E-state index contributed by atoms with van der Waals surface area (Å²) in [7, 11) is 0. The number of H-pyrrole nitrogens is 1. The summed E-state index contributed by atoms with van der Waals surface area (Å²) >= 11 is 8.59. The number of hydrogen-bond donors (Lipinski definition) is 1. The predicted molar refractivity (Wildman–Crippen MR) is 80.3 cm³/mol. The summed E-state index contributed by atoms with van der Waals surface area (Å²) in [6.07, 6.45) is 0. The molecule has 0 aliphatic carbocycles. The summed E-state index contributed by atoms with van der Waals surface area (Å²) in [5.74, 6) is -1.26. The fourth-order valence-corrected chi connectivity index (χ4v) is 2.87. The van der Waals surface area contributed by atoms with Gasteiger partial charge in [0.05, 0.1) is 12.1 Å². The Bertz CT molecular complexity index is 854. The molecule has 102 valence electrons. The smallest absolute Gasteiger partial charge is 0.178 e. The Morgan fingerprint density at radius 2 is 2.00 bits per heavy atom. The van der Waals surface area contributed by atoms with E-state index in [1.165, 1.54) is 6.07 Å². The third-order valence-electron chi connectivity index (χ3n) is 3.03. The van der Waals surface area contributed by atoms with Crippen LogP contribution >= 0.6 is 28.1 Å². The van der Waals surface area contributed by atoms with E-state index < -0.39 is 11.6 Å². The first-order valence-electron chi connectivity index (χ1n) is 5.86. The first-order valence-corrected chi connectivity index (χ1v) is 7.07. The van der Waals surface area contributed by atoms with Gasteiger partial charge >= 0.3 is 0 Å². The van der Waals surface area contributed by atoms with Crippen molar-refractivity contribution in [2.75, 3.05) is 0 Å². The average Bonchev–Trinajstić information content (AvgIpc) is 2.68. The lowest BCUT2D eigenvalue weighted by molar-refractivity contribution is 0.590. The maximum Gasteiger partial charge on any atom is 0.178 e. The maximum absolute atomic E-state index is 13.7. The number of aromatic amines is 1. The molecule has 0 atom stereocenters. The molecule has 0 radical (unpaired) electrons. The van der Waals surface area contributed by atoms with E-state index in [2.05, 4.69) is 20.9 Å². The number of benzene rings is 2. The first-order chi connectivity index (χ1) is 9.54. The minimum Gasteiger partial charge on any atom is -0.328 e. The van der Waals surface area contributed by atoms with Gasteiger partial charge in [0.1, 0.15) is 11.3 Å². The molecule has 1 heterocycles. The van der Waals surface area contributed by atoms with E-state index in [1.54, 1.807) is 4.57 Å². The molecular formula is C14H9BrF2N2S. The van der Waals surface area contributed by atoms with Crippen molar-refractivity contribution in [1.82, 2.24) is 9.55 Å². The van der Waals surface area contributed by atoms with E-state index in [9.17, 15) is 8.78 Å². The molecule has 0 bridgehead atoms. The van der Waals surface area contributed by atoms with Gasteiger partial charge in [-0.15, -0.1) is 0 Å². The minimum absolute atomic E-state index is 0.228. The number of nitrogens with one attached hydrogen (secondary N) is 1. The van der Waals surface area contributed by atoms with E-state index in [1.807, 2.05) is 24.3 Å². The predicted octanol–water partition coefficient (Wildman–Crippen LogP) is 4.79. The van der Waals surface area contributed by atoms with Crippen molar-refractivity contribution in [3.8, 4) is 0 Å². The summed E-state index contributed by atoms with van der Waals surface area (Å²) in [5, 5.41) is 0. The SMILES string of the molecule is Fc1cc(F)c2[nH]c(=S)n(Cc3cccc(Br)c3)c2c1. The number of hydrogen-bond acceptors (Lipinski definition) is 1. The molecule has 0 fully saturated rings. The molecule has 0 aliphatic rings. The molecule has 0 saturated heterocycles. The van der Waals surface area contributed by atoms with Crippen LogP contribution in [0.25, 0.3) is 11.0 Å². The molecule has 1 aromatic heterocycles. The normalized spacial score (nSPS) is 11.2. The highest BCUT2D eigenvalue weighted by atomic mass is 79.9. The van der Waals surface area contributed by atoms with Crippen LogP contribution in [0, 0.1) is 16.4 Å². The van der Waals surface area contributed by atoms with Gasteiger partial charge in [-0.05, 0) is 36.0 Å². The molecule has 6 heteroatoms. The second-order valence-electron chi connectivity index (χ2n) is 4.43. The highest BCUT2D eigenvalue weighted by Gasteiger charge is 2.11. The van der Waals surface area contributed by atoms with Crippen molar-refractivity contribution < 1.29 is 8.78 Å². The van der Waals surface area contributed by atoms with Gasteiger partial charge in [0, 0.05) is 10.5 Å². The van der Waals surface area contributed by atoms with Gasteiger partial charge in [0.15, 0.2) is 10.6 Å². The lowest BCUT2D eigenvalue weighted by Gasteiger charge is -2.05. The van der Waals surface area contributed by atoms with Gasteiger partial charge < -0.3 is 9.55 Å². The molecule has 2 nitrogen and oxygen atoms in total. The van der Waals surface area contributed by atoms with Crippen LogP contribution in [0.3, 0.4) is 0 Å². The number of rotatable bonds is 2. The third kappa shape index (κ3) is 2.41. The molecule has 0 aliphatic heterocycles. The van der Waals surface area contributed by atoms with Crippen LogP contribution < -0.4 is 0 Å². The summed E-state index contributed by atoms with van der Waals surface area (Å²) in [5.41, 5.74) is 1.64. The number of aromatic nitrogens is 2. The lowest BCUT2D eigenvalue weighted by Crippen LogP contribution is -2.00. The van der Waals surface area contributed by atoms with Crippen molar-refractivity contribution in [1.29, 1.82) is 0 Å². The van der Waals surface area contributed by atoms with Gasteiger partial charge in [0.2, 0.25) is 0 Å². The maximum atomic E-state index is 13.7.